The van der Waals surface area contributed by atoms with Crippen molar-refractivity contribution < 1.29 is 8.42 Å². The lowest BCUT2D eigenvalue weighted by Crippen LogP contribution is -2.14. The summed E-state index contributed by atoms with van der Waals surface area (Å²) in [7, 11) is -3.28. The van der Waals surface area contributed by atoms with E-state index < -0.39 is 9.84 Å². The first-order chi connectivity index (χ1) is 12.9. The van der Waals surface area contributed by atoms with Gasteiger partial charge >= 0.3 is 0 Å². The van der Waals surface area contributed by atoms with Crippen LogP contribution in [0.2, 0.25) is 0 Å². The molecule has 0 atom stereocenters. The van der Waals surface area contributed by atoms with Gasteiger partial charge in [0.25, 0.3) is 5.56 Å². The van der Waals surface area contributed by atoms with E-state index >= 15 is 0 Å². The molecule has 0 unspecified atom stereocenters. The number of benzene rings is 1. The topological polar surface area (TPSA) is 143 Å². The standard InChI is InChI=1S/C17H20N6O3S/c1-27(25,26)12-5-3-11(4-6-12)21-15-14-13(7-10-19-16(14)24)22-17(23-15)20-9-2-8-18/h3-7,10H,2,8-9,18H2,1H3,(H,19,24)(H2,20,21,22,23). The van der Waals surface area contributed by atoms with E-state index in [4.69, 9.17) is 5.73 Å². The number of pyridine rings is 1. The SMILES string of the molecule is CS(=O)(=O)c1ccc(Nc2nc(NCCCN)nc3cc[nH]c(=O)c23)cc1. The van der Waals surface area contributed by atoms with Crippen LogP contribution in [0.3, 0.4) is 0 Å². The van der Waals surface area contributed by atoms with Gasteiger partial charge in [0.1, 0.15) is 11.2 Å². The summed E-state index contributed by atoms with van der Waals surface area (Å²) in [6, 6.07) is 7.90. The van der Waals surface area contributed by atoms with E-state index in [1.807, 2.05) is 0 Å². The molecular weight excluding hydrogens is 368 g/mol. The van der Waals surface area contributed by atoms with Gasteiger partial charge in [-0.3, -0.25) is 4.79 Å². The van der Waals surface area contributed by atoms with Crippen LogP contribution in [-0.2, 0) is 9.84 Å². The number of fused-ring (bicyclic) bond motifs is 1. The second kappa shape index (κ2) is 7.72. The smallest absolute Gasteiger partial charge is 0.261 e. The number of sulfone groups is 1. The fraction of sp³-hybridized carbons (Fsp3) is 0.235. The average Bonchev–Trinajstić information content (AvgIpc) is 2.61. The van der Waals surface area contributed by atoms with Crippen LogP contribution in [0.15, 0.2) is 46.2 Å². The highest BCUT2D eigenvalue weighted by Crippen LogP contribution is 2.23. The van der Waals surface area contributed by atoms with E-state index in [1.165, 1.54) is 18.3 Å². The Bertz CT molecular complexity index is 1110. The van der Waals surface area contributed by atoms with Crippen molar-refractivity contribution in [1.29, 1.82) is 0 Å². The van der Waals surface area contributed by atoms with Gasteiger partial charge in [0.15, 0.2) is 9.84 Å². The van der Waals surface area contributed by atoms with Crippen molar-refractivity contribution in [2.75, 3.05) is 30.0 Å². The van der Waals surface area contributed by atoms with E-state index in [0.717, 1.165) is 12.7 Å². The summed E-state index contributed by atoms with van der Waals surface area (Å²) < 4.78 is 23.2. The highest BCUT2D eigenvalue weighted by molar-refractivity contribution is 7.90. The molecule has 0 aliphatic rings. The molecule has 0 saturated carbocycles. The van der Waals surface area contributed by atoms with Crippen molar-refractivity contribution in [1.82, 2.24) is 15.0 Å². The minimum atomic E-state index is -3.28. The van der Waals surface area contributed by atoms with Gasteiger partial charge in [0, 0.05) is 24.7 Å². The molecular formula is C17H20N6O3S. The first kappa shape index (κ1) is 18.8. The molecule has 27 heavy (non-hydrogen) atoms. The third-order valence-corrected chi connectivity index (χ3v) is 4.96. The highest BCUT2D eigenvalue weighted by Gasteiger charge is 2.12. The van der Waals surface area contributed by atoms with Crippen LogP contribution < -0.4 is 21.9 Å². The van der Waals surface area contributed by atoms with Gasteiger partial charge in [-0.25, -0.2) is 13.4 Å². The van der Waals surface area contributed by atoms with E-state index in [9.17, 15) is 13.2 Å². The number of aromatic amines is 1. The molecule has 2 heterocycles. The lowest BCUT2D eigenvalue weighted by molar-refractivity contribution is 0.602. The highest BCUT2D eigenvalue weighted by atomic mass is 32.2. The second-order valence-electron chi connectivity index (χ2n) is 5.95. The summed E-state index contributed by atoms with van der Waals surface area (Å²) in [6.07, 6.45) is 3.42. The van der Waals surface area contributed by atoms with E-state index in [2.05, 4.69) is 25.6 Å². The van der Waals surface area contributed by atoms with Gasteiger partial charge in [-0.15, -0.1) is 0 Å². The zero-order valence-electron chi connectivity index (χ0n) is 14.7. The molecule has 0 saturated heterocycles. The molecule has 0 radical (unpaired) electrons. The maximum atomic E-state index is 12.3. The Morgan fingerprint density at radius 3 is 2.56 bits per heavy atom. The van der Waals surface area contributed by atoms with Crippen LogP contribution in [0.1, 0.15) is 6.42 Å². The number of nitrogens with zero attached hydrogens (tertiary/aromatic N) is 2. The van der Waals surface area contributed by atoms with Crippen LogP contribution >= 0.6 is 0 Å². The molecule has 5 N–H and O–H groups in total. The summed E-state index contributed by atoms with van der Waals surface area (Å²) >= 11 is 0. The Hall–Kier alpha value is -2.98. The minimum absolute atomic E-state index is 0.211. The van der Waals surface area contributed by atoms with Crippen LogP contribution in [-0.4, -0.2) is 42.7 Å². The van der Waals surface area contributed by atoms with Gasteiger partial charge < -0.3 is 21.4 Å². The third kappa shape index (κ3) is 4.41. The van der Waals surface area contributed by atoms with Crippen molar-refractivity contribution in [2.45, 2.75) is 11.3 Å². The van der Waals surface area contributed by atoms with Crippen LogP contribution in [0, 0.1) is 0 Å². The Morgan fingerprint density at radius 1 is 1.15 bits per heavy atom. The van der Waals surface area contributed by atoms with E-state index in [1.54, 1.807) is 18.2 Å². The van der Waals surface area contributed by atoms with Gasteiger partial charge in [0.2, 0.25) is 5.95 Å². The lowest BCUT2D eigenvalue weighted by atomic mass is 10.2. The monoisotopic (exact) mass is 388 g/mol. The van der Waals surface area contributed by atoms with Crippen molar-refractivity contribution in [2.24, 2.45) is 5.73 Å². The van der Waals surface area contributed by atoms with Gasteiger partial charge in [-0.1, -0.05) is 0 Å². The molecule has 142 valence electrons. The molecule has 9 nitrogen and oxygen atoms in total. The van der Waals surface area contributed by atoms with Crippen LogP contribution in [0.25, 0.3) is 10.9 Å². The van der Waals surface area contributed by atoms with E-state index in [0.29, 0.717) is 41.4 Å². The summed E-state index contributed by atoms with van der Waals surface area (Å²) in [5.74, 6) is 0.695. The quantitative estimate of drug-likeness (QED) is 0.443. The third-order valence-electron chi connectivity index (χ3n) is 3.83. The number of hydrogen-bond donors (Lipinski definition) is 4. The summed E-state index contributed by atoms with van der Waals surface area (Å²) in [5, 5.41) is 6.46. The maximum Gasteiger partial charge on any atom is 0.261 e. The van der Waals surface area contributed by atoms with Crippen molar-refractivity contribution in [3.8, 4) is 0 Å². The number of nitrogens with one attached hydrogen (secondary N) is 3. The molecule has 10 heteroatoms. The predicted molar refractivity (Wildman–Crippen MR) is 105 cm³/mol. The predicted octanol–water partition coefficient (Wildman–Crippen LogP) is 1.23. The number of aromatic nitrogens is 3. The number of H-pyrrole nitrogens is 1. The van der Waals surface area contributed by atoms with Crippen molar-refractivity contribution in [3.63, 3.8) is 0 Å². The molecule has 0 fully saturated rings. The van der Waals surface area contributed by atoms with Gasteiger partial charge in [0.05, 0.1) is 10.4 Å². The summed E-state index contributed by atoms with van der Waals surface area (Å²) in [6.45, 7) is 1.14. The van der Waals surface area contributed by atoms with Crippen LogP contribution in [0.5, 0.6) is 0 Å². The Kier molecular flexibility index (Phi) is 5.38. The number of rotatable bonds is 7. The first-order valence-electron chi connectivity index (χ1n) is 8.29. The summed E-state index contributed by atoms with van der Waals surface area (Å²) in [4.78, 5) is 23.8. The molecule has 1 aromatic carbocycles. The van der Waals surface area contributed by atoms with Crippen LogP contribution in [0.4, 0.5) is 17.5 Å². The molecule has 0 spiro atoms. The Balaban J connectivity index is 1.99. The average molecular weight is 388 g/mol. The second-order valence-corrected chi connectivity index (χ2v) is 7.97. The lowest BCUT2D eigenvalue weighted by Gasteiger charge is -2.11. The molecule has 0 amide bonds. The maximum absolute atomic E-state index is 12.3. The van der Waals surface area contributed by atoms with Gasteiger partial charge in [-0.2, -0.15) is 4.98 Å². The Morgan fingerprint density at radius 2 is 1.89 bits per heavy atom. The van der Waals surface area contributed by atoms with Crippen molar-refractivity contribution >= 4 is 38.2 Å². The Labute approximate surface area is 156 Å². The van der Waals surface area contributed by atoms with Gasteiger partial charge in [-0.05, 0) is 43.3 Å². The molecule has 3 rings (SSSR count). The normalized spacial score (nSPS) is 11.5. The summed E-state index contributed by atoms with van der Waals surface area (Å²) in [5.41, 5.74) is 6.25. The van der Waals surface area contributed by atoms with Crippen molar-refractivity contribution in [3.05, 3.63) is 46.9 Å². The minimum Gasteiger partial charge on any atom is -0.354 e. The molecule has 3 aromatic rings. The molecule has 0 bridgehead atoms. The zero-order valence-corrected chi connectivity index (χ0v) is 15.5. The number of hydrogen-bond acceptors (Lipinski definition) is 8. The largest absolute Gasteiger partial charge is 0.354 e. The first-order valence-corrected chi connectivity index (χ1v) is 10.2. The number of anilines is 3. The fourth-order valence-electron chi connectivity index (χ4n) is 2.48. The molecule has 0 aliphatic carbocycles. The zero-order chi connectivity index (χ0) is 19.4. The molecule has 2 aromatic heterocycles. The number of nitrogens with two attached hydrogens (primary N) is 1. The fourth-order valence-corrected chi connectivity index (χ4v) is 3.12. The molecule has 0 aliphatic heterocycles. The van der Waals surface area contributed by atoms with E-state index in [-0.39, 0.29) is 10.5 Å².